The Morgan fingerprint density at radius 3 is 2.68 bits per heavy atom. The van der Waals surface area contributed by atoms with Gasteiger partial charge in [0.2, 0.25) is 5.91 Å². The van der Waals surface area contributed by atoms with E-state index in [2.05, 4.69) is 5.32 Å². The second-order valence-corrected chi connectivity index (χ2v) is 4.68. The maximum atomic E-state index is 12.0. The van der Waals surface area contributed by atoms with Crippen molar-refractivity contribution in [3.8, 4) is 0 Å². The van der Waals surface area contributed by atoms with Gasteiger partial charge >= 0.3 is 5.97 Å². The van der Waals surface area contributed by atoms with Gasteiger partial charge in [0.1, 0.15) is 0 Å². The van der Waals surface area contributed by atoms with E-state index in [1.54, 1.807) is 37.3 Å². The Hall–Kier alpha value is -2.14. The molecule has 4 N–H and O–H groups in total. The van der Waals surface area contributed by atoms with Crippen LogP contribution in [-0.4, -0.2) is 23.0 Å². The summed E-state index contributed by atoms with van der Waals surface area (Å²) in [4.78, 5) is 23.2. The van der Waals surface area contributed by atoms with Gasteiger partial charge in [-0.3, -0.25) is 4.79 Å². The maximum absolute atomic E-state index is 12.0. The molecule has 100 valence electrons. The van der Waals surface area contributed by atoms with E-state index in [4.69, 9.17) is 5.73 Å². The Morgan fingerprint density at radius 2 is 2.11 bits per heavy atom. The van der Waals surface area contributed by atoms with Gasteiger partial charge in [0.25, 0.3) is 0 Å². The summed E-state index contributed by atoms with van der Waals surface area (Å²) in [5.74, 6) is -1.57. The summed E-state index contributed by atoms with van der Waals surface area (Å²) in [6.45, 7) is 1.70. The number of aromatic carboxylic acids is 1. The predicted molar refractivity (Wildman–Crippen MR) is 72.0 cm³/mol. The van der Waals surface area contributed by atoms with Crippen LogP contribution in [0.3, 0.4) is 0 Å². The fourth-order valence-corrected chi connectivity index (χ4v) is 2.20. The number of carboxylic acid groups (broad SMARTS) is 1. The molecule has 2 unspecified atom stereocenters. The Balaban J connectivity index is 2.20. The molecule has 2 atom stereocenters. The third-order valence-electron chi connectivity index (χ3n) is 3.20. The Morgan fingerprint density at radius 1 is 1.37 bits per heavy atom. The lowest BCUT2D eigenvalue weighted by Gasteiger charge is -2.13. The van der Waals surface area contributed by atoms with Crippen molar-refractivity contribution >= 4 is 17.6 Å². The first-order chi connectivity index (χ1) is 8.99. The van der Waals surface area contributed by atoms with E-state index >= 15 is 0 Å². The molecule has 0 saturated heterocycles. The minimum atomic E-state index is -1.05. The number of carbonyl (C=O) groups excluding carboxylic acids is 1. The number of carboxylic acids is 1. The molecule has 5 heteroatoms. The summed E-state index contributed by atoms with van der Waals surface area (Å²) in [6, 6.07) is 4.90. The molecule has 0 saturated carbocycles. The molecule has 19 heavy (non-hydrogen) atoms. The van der Waals surface area contributed by atoms with E-state index in [1.807, 2.05) is 0 Å². The average molecular weight is 260 g/mol. The first-order valence-electron chi connectivity index (χ1n) is 6.06. The van der Waals surface area contributed by atoms with Crippen molar-refractivity contribution in [1.82, 2.24) is 0 Å². The van der Waals surface area contributed by atoms with Crippen LogP contribution in [0.25, 0.3) is 0 Å². The summed E-state index contributed by atoms with van der Waals surface area (Å²) in [5, 5.41) is 11.9. The molecule has 5 nitrogen and oxygen atoms in total. The summed E-state index contributed by atoms with van der Waals surface area (Å²) in [5.41, 5.74) is 6.76. The predicted octanol–water partition coefficient (Wildman–Crippen LogP) is 1.54. The number of nitrogens with one attached hydrogen (secondary N) is 1. The van der Waals surface area contributed by atoms with Crippen molar-refractivity contribution in [1.29, 1.82) is 0 Å². The molecule has 1 amide bonds. The molecule has 0 aliphatic heterocycles. The number of amides is 1. The Labute approximate surface area is 111 Å². The number of rotatable bonds is 3. The Kier molecular flexibility index (Phi) is 3.66. The molecule has 1 aliphatic carbocycles. The highest BCUT2D eigenvalue weighted by molar-refractivity contribution is 6.02. The van der Waals surface area contributed by atoms with E-state index in [-0.39, 0.29) is 23.4 Å². The first-order valence-corrected chi connectivity index (χ1v) is 6.06. The van der Waals surface area contributed by atoms with E-state index in [0.717, 1.165) is 0 Å². The molecule has 0 radical (unpaired) electrons. The molecular weight excluding hydrogens is 244 g/mol. The Bertz CT molecular complexity index is 552. The lowest BCUT2D eigenvalue weighted by molar-refractivity contribution is -0.118. The van der Waals surface area contributed by atoms with Gasteiger partial charge in [-0.1, -0.05) is 24.3 Å². The monoisotopic (exact) mass is 260 g/mol. The van der Waals surface area contributed by atoms with Crippen LogP contribution in [0.15, 0.2) is 30.4 Å². The van der Waals surface area contributed by atoms with E-state index < -0.39 is 5.97 Å². The number of hydrogen-bond donors (Lipinski definition) is 3. The van der Waals surface area contributed by atoms with E-state index in [1.165, 1.54) is 0 Å². The summed E-state index contributed by atoms with van der Waals surface area (Å²) in [6.07, 6.45) is 4.11. The van der Waals surface area contributed by atoms with E-state index in [9.17, 15) is 14.7 Å². The molecule has 1 aliphatic rings. The third kappa shape index (κ3) is 2.82. The van der Waals surface area contributed by atoms with Gasteiger partial charge in [0, 0.05) is 6.04 Å². The zero-order valence-corrected chi connectivity index (χ0v) is 10.6. The minimum absolute atomic E-state index is 0.104. The molecule has 0 spiro atoms. The van der Waals surface area contributed by atoms with Crippen molar-refractivity contribution < 1.29 is 14.7 Å². The van der Waals surface area contributed by atoms with Crippen LogP contribution in [0.4, 0.5) is 5.69 Å². The van der Waals surface area contributed by atoms with Crippen molar-refractivity contribution in [3.63, 3.8) is 0 Å². The van der Waals surface area contributed by atoms with Crippen molar-refractivity contribution in [2.24, 2.45) is 11.7 Å². The van der Waals surface area contributed by atoms with Gasteiger partial charge in [0.15, 0.2) is 0 Å². The van der Waals surface area contributed by atoms with Crippen LogP contribution in [0, 0.1) is 12.8 Å². The number of nitrogens with two attached hydrogens (primary N) is 1. The van der Waals surface area contributed by atoms with Crippen LogP contribution in [-0.2, 0) is 4.79 Å². The van der Waals surface area contributed by atoms with Crippen LogP contribution in [0.2, 0.25) is 0 Å². The zero-order valence-electron chi connectivity index (χ0n) is 10.6. The van der Waals surface area contributed by atoms with Gasteiger partial charge in [-0.05, 0) is 25.0 Å². The molecule has 0 bridgehead atoms. The summed E-state index contributed by atoms with van der Waals surface area (Å²) < 4.78 is 0. The van der Waals surface area contributed by atoms with Crippen molar-refractivity contribution in [3.05, 3.63) is 41.5 Å². The highest BCUT2D eigenvalue weighted by atomic mass is 16.4. The lowest BCUT2D eigenvalue weighted by atomic mass is 10.0. The molecule has 0 fully saturated rings. The van der Waals surface area contributed by atoms with Gasteiger partial charge in [-0.25, -0.2) is 4.79 Å². The molecule has 1 aromatic carbocycles. The molecule has 0 heterocycles. The standard InChI is InChI=1S/C14H16N2O3/c1-8-3-2-4-11(12(8)14(18)19)16-13(17)9-5-6-10(15)7-9/h2-6,9-10H,7,15H2,1H3,(H,16,17)(H,18,19). The van der Waals surface area contributed by atoms with Crippen molar-refractivity contribution in [2.45, 2.75) is 19.4 Å². The average Bonchev–Trinajstić information content (AvgIpc) is 2.75. The largest absolute Gasteiger partial charge is 0.478 e. The van der Waals surface area contributed by atoms with Gasteiger partial charge < -0.3 is 16.2 Å². The smallest absolute Gasteiger partial charge is 0.338 e. The number of carbonyl (C=O) groups is 2. The normalized spacial score (nSPS) is 21.4. The summed E-state index contributed by atoms with van der Waals surface area (Å²) in [7, 11) is 0. The molecule has 1 aromatic rings. The van der Waals surface area contributed by atoms with Gasteiger partial charge in [-0.15, -0.1) is 0 Å². The highest BCUT2D eigenvalue weighted by Gasteiger charge is 2.24. The second kappa shape index (κ2) is 5.24. The number of aryl methyl sites for hydroxylation is 1. The van der Waals surface area contributed by atoms with Crippen LogP contribution < -0.4 is 11.1 Å². The van der Waals surface area contributed by atoms with Crippen LogP contribution >= 0.6 is 0 Å². The van der Waals surface area contributed by atoms with Crippen LogP contribution in [0.1, 0.15) is 22.3 Å². The molecule has 2 rings (SSSR count). The molecule has 0 aromatic heterocycles. The number of hydrogen-bond acceptors (Lipinski definition) is 3. The maximum Gasteiger partial charge on any atom is 0.338 e. The SMILES string of the molecule is Cc1cccc(NC(=O)C2C=CC(N)C2)c1C(=O)O. The lowest BCUT2D eigenvalue weighted by Crippen LogP contribution is -2.25. The summed E-state index contributed by atoms with van der Waals surface area (Å²) >= 11 is 0. The third-order valence-corrected chi connectivity index (χ3v) is 3.20. The first kappa shape index (κ1) is 13.3. The fraction of sp³-hybridized carbons (Fsp3) is 0.286. The second-order valence-electron chi connectivity index (χ2n) is 4.68. The topological polar surface area (TPSA) is 92.4 Å². The number of benzene rings is 1. The van der Waals surface area contributed by atoms with Gasteiger partial charge in [-0.2, -0.15) is 0 Å². The highest BCUT2D eigenvalue weighted by Crippen LogP contribution is 2.23. The van der Waals surface area contributed by atoms with Crippen molar-refractivity contribution in [2.75, 3.05) is 5.32 Å². The number of anilines is 1. The van der Waals surface area contributed by atoms with E-state index in [0.29, 0.717) is 17.7 Å². The fourth-order valence-electron chi connectivity index (χ4n) is 2.20. The zero-order chi connectivity index (χ0) is 14.0. The van der Waals surface area contributed by atoms with Gasteiger partial charge in [0.05, 0.1) is 17.2 Å². The molecular formula is C14H16N2O3. The van der Waals surface area contributed by atoms with Crippen LogP contribution in [0.5, 0.6) is 0 Å². The quantitative estimate of drug-likeness (QED) is 0.719. The minimum Gasteiger partial charge on any atom is -0.478 e.